The van der Waals surface area contributed by atoms with E-state index in [0.717, 1.165) is 9.26 Å². The zero-order valence-corrected chi connectivity index (χ0v) is 12.8. The maximum Gasteiger partial charge on any atom is 0.259 e. The van der Waals surface area contributed by atoms with Crippen LogP contribution in [0.1, 0.15) is 17.3 Å². The summed E-state index contributed by atoms with van der Waals surface area (Å²) in [4.78, 5) is 14.3. The smallest absolute Gasteiger partial charge is 0.259 e. The SMILES string of the molecule is CCN(C(=O)c1ccccc1I)c1ccccc1N. The number of rotatable bonds is 3. The summed E-state index contributed by atoms with van der Waals surface area (Å²) in [6.07, 6.45) is 0. The van der Waals surface area contributed by atoms with Crippen molar-refractivity contribution in [3.63, 3.8) is 0 Å². The number of carbonyl (C=O) groups is 1. The van der Waals surface area contributed by atoms with Crippen LogP contribution in [-0.2, 0) is 0 Å². The van der Waals surface area contributed by atoms with Gasteiger partial charge in [0.15, 0.2) is 0 Å². The number of hydrogen-bond donors (Lipinski definition) is 1. The van der Waals surface area contributed by atoms with Crippen molar-refractivity contribution in [3.8, 4) is 0 Å². The Morgan fingerprint density at radius 3 is 2.42 bits per heavy atom. The molecule has 0 radical (unpaired) electrons. The molecular weight excluding hydrogens is 351 g/mol. The van der Waals surface area contributed by atoms with E-state index in [1.165, 1.54) is 0 Å². The van der Waals surface area contributed by atoms with Gasteiger partial charge in [-0.2, -0.15) is 0 Å². The van der Waals surface area contributed by atoms with Crippen molar-refractivity contribution >= 4 is 39.9 Å². The van der Waals surface area contributed by atoms with Gasteiger partial charge in [0.2, 0.25) is 0 Å². The van der Waals surface area contributed by atoms with Crippen molar-refractivity contribution in [1.82, 2.24) is 0 Å². The molecule has 0 aliphatic rings. The van der Waals surface area contributed by atoms with Gasteiger partial charge < -0.3 is 10.6 Å². The number of amides is 1. The van der Waals surface area contributed by atoms with Gasteiger partial charge in [0.1, 0.15) is 0 Å². The molecule has 0 aliphatic heterocycles. The van der Waals surface area contributed by atoms with Gasteiger partial charge in [0.05, 0.1) is 16.9 Å². The summed E-state index contributed by atoms with van der Waals surface area (Å²) in [6, 6.07) is 15.0. The molecule has 2 N–H and O–H groups in total. The van der Waals surface area contributed by atoms with E-state index in [9.17, 15) is 4.79 Å². The molecule has 0 heterocycles. The van der Waals surface area contributed by atoms with Crippen LogP contribution in [0.15, 0.2) is 48.5 Å². The summed E-state index contributed by atoms with van der Waals surface area (Å²) in [5.41, 5.74) is 8.03. The lowest BCUT2D eigenvalue weighted by Crippen LogP contribution is -2.31. The monoisotopic (exact) mass is 366 g/mol. The number of anilines is 2. The molecule has 0 bridgehead atoms. The molecule has 0 saturated heterocycles. The predicted molar refractivity (Wildman–Crippen MR) is 87.4 cm³/mol. The quantitative estimate of drug-likeness (QED) is 0.667. The fourth-order valence-electron chi connectivity index (χ4n) is 1.94. The van der Waals surface area contributed by atoms with Crippen molar-refractivity contribution < 1.29 is 4.79 Å². The van der Waals surface area contributed by atoms with E-state index in [0.29, 0.717) is 17.8 Å². The van der Waals surface area contributed by atoms with E-state index in [4.69, 9.17) is 5.73 Å². The van der Waals surface area contributed by atoms with Crippen LogP contribution < -0.4 is 10.6 Å². The highest BCUT2D eigenvalue weighted by atomic mass is 127. The number of benzene rings is 2. The number of nitrogens with two attached hydrogens (primary N) is 1. The molecule has 98 valence electrons. The lowest BCUT2D eigenvalue weighted by molar-refractivity contribution is 0.0987. The summed E-state index contributed by atoms with van der Waals surface area (Å²) in [5.74, 6) is -0.0228. The number of para-hydroxylation sites is 2. The Kier molecular flexibility index (Phi) is 4.42. The second kappa shape index (κ2) is 6.06. The number of nitrogens with zero attached hydrogens (tertiary/aromatic N) is 1. The summed E-state index contributed by atoms with van der Waals surface area (Å²) in [7, 11) is 0. The second-order valence-corrected chi connectivity index (χ2v) is 5.25. The van der Waals surface area contributed by atoms with Crippen molar-refractivity contribution in [3.05, 3.63) is 57.7 Å². The Hall–Kier alpha value is -1.56. The first-order valence-corrected chi connectivity index (χ1v) is 7.14. The Bertz CT molecular complexity index is 598. The molecule has 0 fully saturated rings. The minimum Gasteiger partial charge on any atom is -0.397 e. The van der Waals surface area contributed by atoms with Gasteiger partial charge in [-0.05, 0) is 53.8 Å². The average Bonchev–Trinajstić information content (AvgIpc) is 2.42. The molecule has 0 spiro atoms. The van der Waals surface area contributed by atoms with Crippen LogP contribution in [0.3, 0.4) is 0 Å². The summed E-state index contributed by atoms with van der Waals surface area (Å²) >= 11 is 2.17. The molecule has 0 atom stereocenters. The fraction of sp³-hybridized carbons (Fsp3) is 0.133. The lowest BCUT2D eigenvalue weighted by atomic mass is 10.1. The predicted octanol–water partition coefficient (Wildman–Crippen LogP) is 3.54. The molecule has 0 aliphatic carbocycles. The molecule has 2 aromatic rings. The van der Waals surface area contributed by atoms with Crippen molar-refractivity contribution in [1.29, 1.82) is 0 Å². The molecule has 0 aromatic heterocycles. The topological polar surface area (TPSA) is 46.3 Å². The zero-order valence-electron chi connectivity index (χ0n) is 10.6. The van der Waals surface area contributed by atoms with Crippen LogP contribution >= 0.6 is 22.6 Å². The van der Waals surface area contributed by atoms with Gasteiger partial charge in [-0.1, -0.05) is 24.3 Å². The highest BCUT2D eigenvalue weighted by molar-refractivity contribution is 14.1. The van der Waals surface area contributed by atoms with E-state index >= 15 is 0 Å². The molecule has 2 aromatic carbocycles. The van der Waals surface area contributed by atoms with Gasteiger partial charge in [-0.3, -0.25) is 4.79 Å². The molecule has 2 rings (SSSR count). The standard InChI is InChI=1S/C15H15IN2O/c1-2-18(14-10-6-5-9-13(14)17)15(19)11-7-3-4-8-12(11)16/h3-10H,2,17H2,1H3. The van der Waals surface area contributed by atoms with E-state index in [2.05, 4.69) is 22.6 Å². The summed E-state index contributed by atoms with van der Waals surface area (Å²) in [5, 5.41) is 0. The maximum absolute atomic E-state index is 12.6. The van der Waals surface area contributed by atoms with E-state index in [1.54, 1.807) is 11.0 Å². The third kappa shape index (κ3) is 2.89. The Balaban J connectivity index is 2.41. The largest absolute Gasteiger partial charge is 0.397 e. The molecular formula is C15H15IN2O. The van der Waals surface area contributed by atoms with Crippen LogP contribution in [0, 0.1) is 3.57 Å². The first kappa shape index (κ1) is 13.9. The third-order valence-electron chi connectivity index (χ3n) is 2.89. The normalized spacial score (nSPS) is 10.2. The average molecular weight is 366 g/mol. The van der Waals surface area contributed by atoms with Gasteiger partial charge in [-0.25, -0.2) is 0 Å². The molecule has 4 heteroatoms. The van der Waals surface area contributed by atoms with E-state index in [1.807, 2.05) is 49.4 Å². The van der Waals surface area contributed by atoms with Gasteiger partial charge in [0.25, 0.3) is 5.91 Å². The zero-order chi connectivity index (χ0) is 13.8. The Labute approximate surface area is 126 Å². The van der Waals surface area contributed by atoms with Crippen LogP contribution in [0.5, 0.6) is 0 Å². The third-order valence-corrected chi connectivity index (χ3v) is 3.83. The molecule has 19 heavy (non-hydrogen) atoms. The Morgan fingerprint density at radius 1 is 1.16 bits per heavy atom. The second-order valence-electron chi connectivity index (χ2n) is 4.09. The number of carbonyl (C=O) groups excluding carboxylic acids is 1. The van der Waals surface area contributed by atoms with Crippen LogP contribution in [0.4, 0.5) is 11.4 Å². The highest BCUT2D eigenvalue weighted by Crippen LogP contribution is 2.25. The maximum atomic E-state index is 12.6. The van der Waals surface area contributed by atoms with E-state index in [-0.39, 0.29) is 5.91 Å². The van der Waals surface area contributed by atoms with E-state index < -0.39 is 0 Å². The van der Waals surface area contributed by atoms with Crippen LogP contribution in [-0.4, -0.2) is 12.5 Å². The van der Waals surface area contributed by atoms with Crippen LogP contribution in [0.25, 0.3) is 0 Å². The molecule has 1 amide bonds. The molecule has 3 nitrogen and oxygen atoms in total. The van der Waals surface area contributed by atoms with Gasteiger partial charge in [0, 0.05) is 10.1 Å². The number of nitrogen functional groups attached to an aromatic ring is 1. The summed E-state index contributed by atoms with van der Waals surface area (Å²) in [6.45, 7) is 2.53. The minimum absolute atomic E-state index is 0.0228. The number of hydrogen-bond acceptors (Lipinski definition) is 2. The van der Waals surface area contributed by atoms with Crippen molar-refractivity contribution in [2.24, 2.45) is 0 Å². The molecule has 0 saturated carbocycles. The first-order valence-electron chi connectivity index (χ1n) is 6.06. The van der Waals surface area contributed by atoms with Crippen LogP contribution in [0.2, 0.25) is 0 Å². The van der Waals surface area contributed by atoms with Crippen molar-refractivity contribution in [2.75, 3.05) is 17.2 Å². The Morgan fingerprint density at radius 2 is 1.79 bits per heavy atom. The lowest BCUT2D eigenvalue weighted by Gasteiger charge is -2.23. The molecule has 0 unspecified atom stereocenters. The fourth-order valence-corrected chi connectivity index (χ4v) is 2.55. The first-order chi connectivity index (χ1) is 9.15. The van der Waals surface area contributed by atoms with Gasteiger partial charge >= 0.3 is 0 Å². The minimum atomic E-state index is -0.0228. The number of halogens is 1. The van der Waals surface area contributed by atoms with Gasteiger partial charge in [-0.15, -0.1) is 0 Å². The summed E-state index contributed by atoms with van der Waals surface area (Å²) < 4.78 is 0.943. The van der Waals surface area contributed by atoms with Crippen molar-refractivity contribution in [2.45, 2.75) is 6.92 Å². The highest BCUT2D eigenvalue weighted by Gasteiger charge is 2.19.